The van der Waals surface area contributed by atoms with Crippen molar-refractivity contribution in [2.75, 3.05) is 5.32 Å². The highest BCUT2D eigenvalue weighted by Gasteiger charge is 2.12. The number of nitrogens with one attached hydrogen (secondary N) is 2. The van der Waals surface area contributed by atoms with Crippen LogP contribution in [-0.2, 0) is 12.8 Å². The van der Waals surface area contributed by atoms with Gasteiger partial charge in [0.1, 0.15) is 5.52 Å². The first kappa shape index (κ1) is 16.4. The van der Waals surface area contributed by atoms with Gasteiger partial charge in [0.2, 0.25) is 0 Å². The molecule has 4 aromatic heterocycles. The van der Waals surface area contributed by atoms with Gasteiger partial charge in [0, 0.05) is 41.6 Å². The van der Waals surface area contributed by atoms with Gasteiger partial charge in [-0.2, -0.15) is 5.10 Å². The Morgan fingerprint density at radius 2 is 2.07 bits per heavy atom. The summed E-state index contributed by atoms with van der Waals surface area (Å²) in [6.45, 7) is 2.10. The van der Waals surface area contributed by atoms with Gasteiger partial charge in [-0.05, 0) is 42.3 Å². The Labute approximate surface area is 160 Å². The van der Waals surface area contributed by atoms with Crippen LogP contribution in [0.3, 0.4) is 0 Å². The van der Waals surface area contributed by atoms with Crippen LogP contribution < -0.4 is 5.32 Å². The van der Waals surface area contributed by atoms with E-state index in [2.05, 4.69) is 49.7 Å². The van der Waals surface area contributed by atoms with Crippen LogP contribution in [0.4, 0.5) is 11.5 Å². The van der Waals surface area contributed by atoms with E-state index in [-0.39, 0.29) is 0 Å². The zero-order valence-electron chi connectivity index (χ0n) is 15.3. The average molecular weight is 370 g/mol. The lowest BCUT2D eigenvalue weighted by Gasteiger charge is -2.03. The maximum atomic E-state index is 5.56. The van der Waals surface area contributed by atoms with Gasteiger partial charge in [-0.3, -0.25) is 15.1 Å². The van der Waals surface area contributed by atoms with E-state index in [0.29, 0.717) is 12.2 Å². The molecular weight excluding hydrogens is 352 g/mol. The van der Waals surface area contributed by atoms with Crippen molar-refractivity contribution in [1.29, 1.82) is 0 Å². The van der Waals surface area contributed by atoms with Gasteiger partial charge < -0.3 is 9.84 Å². The van der Waals surface area contributed by atoms with Crippen molar-refractivity contribution < 1.29 is 4.52 Å². The topological polar surface area (TPSA) is 92.5 Å². The van der Waals surface area contributed by atoms with Gasteiger partial charge >= 0.3 is 0 Å². The Balaban J connectivity index is 1.41. The summed E-state index contributed by atoms with van der Waals surface area (Å²) >= 11 is 0. The van der Waals surface area contributed by atoms with Crippen molar-refractivity contribution >= 4 is 33.5 Å². The van der Waals surface area contributed by atoms with E-state index in [0.717, 1.165) is 51.1 Å². The van der Waals surface area contributed by atoms with Crippen molar-refractivity contribution in [3.05, 3.63) is 71.8 Å². The van der Waals surface area contributed by atoms with Gasteiger partial charge in [-0.15, -0.1) is 0 Å². The van der Waals surface area contributed by atoms with Crippen molar-refractivity contribution in [2.45, 2.75) is 19.8 Å². The Bertz CT molecular complexity index is 1260. The summed E-state index contributed by atoms with van der Waals surface area (Å²) in [4.78, 5) is 8.82. The van der Waals surface area contributed by atoms with Gasteiger partial charge in [0.15, 0.2) is 11.4 Å². The minimum Gasteiger partial charge on any atom is -0.356 e. The molecule has 5 rings (SSSR count). The molecular formula is C21H18N6O. The molecule has 138 valence electrons. The highest BCUT2D eigenvalue weighted by atomic mass is 16.5. The number of aromatic nitrogens is 5. The molecule has 0 saturated carbocycles. The minimum atomic E-state index is 0.678. The first-order valence-corrected chi connectivity index (χ1v) is 9.18. The van der Waals surface area contributed by atoms with Crippen LogP contribution in [0.2, 0.25) is 0 Å². The molecule has 0 saturated heterocycles. The lowest BCUT2D eigenvalue weighted by atomic mass is 10.1. The number of hydrogen-bond acceptors (Lipinski definition) is 6. The van der Waals surface area contributed by atoms with Crippen LogP contribution in [0, 0.1) is 0 Å². The van der Waals surface area contributed by atoms with Crippen molar-refractivity contribution in [3.63, 3.8) is 0 Å². The smallest absolute Gasteiger partial charge is 0.178 e. The lowest BCUT2D eigenvalue weighted by molar-refractivity contribution is 0.448. The van der Waals surface area contributed by atoms with E-state index >= 15 is 0 Å². The predicted octanol–water partition coefficient (Wildman–Crippen LogP) is 4.39. The molecule has 7 nitrogen and oxygen atoms in total. The Hall–Kier alpha value is -3.74. The lowest BCUT2D eigenvalue weighted by Crippen LogP contribution is -1.93. The fourth-order valence-corrected chi connectivity index (χ4v) is 3.23. The number of rotatable bonds is 5. The van der Waals surface area contributed by atoms with E-state index in [1.807, 2.05) is 36.5 Å². The summed E-state index contributed by atoms with van der Waals surface area (Å²) in [6.07, 6.45) is 5.27. The summed E-state index contributed by atoms with van der Waals surface area (Å²) in [5.41, 5.74) is 6.38. The van der Waals surface area contributed by atoms with Gasteiger partial charge in [0.25, 0.3) is 0 Å². The largest absolute Gasteiger partial charge is 0.356 e. The molecule has 0 fully saturated rings. The van der Waals surface area contributed by atoms with Gasteiger partial charge in [0.05, 0.1) is 11.2 Å². The number of anilines is 2. The summed E-state index contributed by atoms with van der Waals surface area (Å²) in [5, 5.41) is 15.8. The zero-order chi connectivity index (χ0) is 18.9. The summed E-state index contributed by atoms with van der Waals surface area (Å²) in [6, 6.07) is 13.9. The third-order valence-electron chi connectivity index (χ3n) is 4.75. The second kappa shape index (κ2) is 6.77. The molecule has 5 aromatic rings. The molecule has 0 aliphatic heterocycles. The number of hydrogen-bond donors (Lipinski definition) is 2. The van der Waals surface area contributed by atoms with E-state index < -0.39 is 0 Å². The first-order chi connectivity index (χ1) is 13.8. The quantitative estimate of drug-likeness (QED) is 0.477. The van der Waals surface area contributed by atoms with Crippen molar-refractivity contribution in [2.24, 2.45) is 0 Å². The second-order valence-corrected chi connectivity index (χ2v) is 6.63. The number of aryl methyl sites for hydroxylation is 1. The maximum Gasteiger partial charge on any atom is 0.178 e. The van der Waals surface area contributed by atoms with Crippen LogP contribution >= 0.6 is 0 Å². The fraction of sp³-hybridized carbons (Fsp3) is 0.143. The number of H-pyrrole nitrogens is 1. The third kappa shape index (κ3) is 2.96. The molecule has 0 spiro atoms. The molecule has 0 bridgehead atoms. The maximum absolute atomic E-state index is 5.56. The number of fused-ring (bicyclic) bond motifs is 2. The van der Waals surface area contributed by atoms with E-state index in [4.69, 9.17) is 4.52 Å². The van der Waals surface area contributed by atoms with Crippen LogP contribution in [0.25, 0.3) is 22.0 Å². The van der Waals surface area contributed by atoms with Crippen LogP contribution in [0.5, 0.6) is 0 Å². The Morgan fingerprint density at radius 3 is 2.93 bits per heavy atom. The van der Waals surface area contributed by atoms with Crippen molar-refractivity contribution in [1.82, 2.24) is 25.3 Å². The van der Waals surface area contributed by atoms with Crippen molar-refractivity contribution in [3.8, 4) is 0 Å². The standard InChI is InChI=1S/C21H18N6O/c1-2-14-6-5-13(12-23-14)10-18-16-8-7-15(11-19(16)28-27-18)24-21-20-17(25-26-21)4-3-9-22-20/h3-9,11-12H,2,10H2,1H3,(H2,24,25,26). The van der Waals surface area contributed by atoms with E-state index in [1.54, 1.807) is 6.20 Å². The zero-order valence-corrected chi connectivity index (χ0v) is 15.3. The number of aromatic amines is 1. The molecule has 0 aliphatic carbocycles. The fourth-order valence-electron chi connectivity index (χ4n) is 3.23. The highest BCUT2D eigenvalue weighted by Crippen LogP contribution is 2.27. The van der Waals surface area contributed by atoms with Crippen LogP contribution in [0.1, 0.15) is 23.9 Å². The Kier molecular flexibility index (Phi) is 3.97. The number of benzene rings is 1. The van der Waals surface area contributed by atoms with Gasteiger partial charge in [-0.1, -0.05) is 18.1 Å². The van der Waals surface area contributed by atoms with E-state index in [1.165, 1.54) is 0 Å². The van der Waals surface area contributed by atoms with E-state index in [9.17, 15) is 0 Å². The van der Waals surface area contributed by atoms with Crippen LogP contribution in [0.15, 0.2) is 59.4 Å². The summed E-state index contributed by atoms with van der Waals surface area (Å²) in [5.74, 6) is 0.678. The molecule has 0 radical (unpaired) electrons. The normalized spacial score (nSPS) is 11.3. The monoisotopic (exact) mass is 370 g/mol. The summed E-state index contributed by atoms with van der Waals surface area (Å²) < 4.78 is 5.56. The second-order valence-electron chi connectivity index (χ2n) is 6.63. The molecule has 1 aromatic carbocycles. The molecule has 0 amide bonds. The highest BCUT2D eigenvalue weighted by molar-refractivity contribution is 5.89. The molecule has 0 atom stereocenters. The Morgan fingerprint density at radius 1 is 1.11 bits per heavy atom. The number of pyridine rings is 2. The molecule has 0 aliphatic rings. The predicted molar refractivity (Wildman–Crippen MR) is 108 cm³/mol. The molecule has 4 heterocycles. The molecule has 0 unspecified atom stereocenters. The third-order valence-corrected chi connectivity index (χ3v) is 4.75. The molecule has 7 heteroatoms. The summed E-state index contributed by atoms with van der Waals surface area (Å²) in [7, 11) is 0. The SMILES string of the molecule is CCc1ccc(Cc2noc3cc(Nc4n[nH]c5cccnc45)ccc23)cn1. The first-order valence-electron chi connectivity index (χ1n) is 9.18. The minimum absolute atomic E-state index is 0.678. The van der Waals surface area contributed by atoms with Crippen LogP contribution in [-0.4, -0.2) is 25.3 Å². The average Bonchev–Trinajstić information content (AvgIpc) is 3.33. The van der Waals surface area contributed by atoms with Gasteiger partial charge in [-0.25, -0.2) is 0 Å². The number of nitrogens with zero attached hydrogens (tertiary/aromatic N) is 4. The molecule has 28 heavy (non-hydrogen) atoms. The molecule has 2 N–H and O–H groups in total.